The van der Waals surface area contributed by atoms with Gasteiger partial charge in [-0.25, -0.2) is 8.42 Å². The third kappa shape index (κ3) is 5.27. The first-order valence-corrected chi connectivity index (χ1v) is 11.2. The van der Waals surface area contributed by atoms with Crippen LogP contribution in [0.15, 0.2) is 47.4 Å². The number of fused-ring (bicyclic) bond motifs is 1. The van der Waals surface area contributed by atoms with Gasteiger partial charge in [-0.1, -0.05) is 12.1 Å². The number of benzene rings is 2. The molecule has 1 amide bonds. The average Bonchev–Trinajstić information content (AvgIpc) is 2.77. The molecule has 0 atom stereocenters. The number of nitrogens with zero attached hydrogens (tertiary/aromatic N) is 1. The fraction of sp³-hybridized carbons (Fsp3) is 0.273. The van der Waals surface area contributed by atoms with Crippen LogP contribution >= 0.6 is 0 Å². The first-order chi connectivity index (χ1) is 15.1. The lowest BCUT2D eigenvalue weighted by Gasteiger charge is -2.18. The number of hydrogen-bond donors (Lipinski definition) is 1. The molecule has 0 saturated heterocycles. The average molecular weight is 458 g/mol. The first-order valence-electron chi connectivity index (χ1n) is 9.77. The minimum atomic E-state index is -3.98. The molecule has 10 heteroatoms. The topological polar surface area (TPSA) is 127 Å². The highest BCUT2D eigenvalue weighted by atomic mass is 32.2. The third-order valence-corrected chi connectivity index (χ3v) is 6.83. The summed E-state index contributed by atoms with van der Waals surface area (Å²) < 4.78 is 31.0. The van der Waals surface area contributed by atoms with E-state index < -0.39 is 34.9 Å². The number of ketones is 2. The normalized spacial score (nSPS) is 13.3. The van der Waals surface area contributed by atoms with E-state index in [1.165, 1.54) is 44.3 Å². The Morgan fingerprint density at radius 2 is 1.69 bits per heavy atom. The van der Waals surface area contributed by atoms with E-state index in [0.717, 1.165) is 9.87 Å². The van der Waals surface area contributed by atoms with Gasteiger partial charge in [0.1, 0.15) is 6.54 Å². The van der Waals surface area contributed by atoms with Gasteiger partial charge >= 0.3 is 5.97 Å². The van der Waals surface area contributed by atoms with Crippen molar-refractivity contribution in [3.8, 4) is 0 Å². The van der Waals surface area contributed by atoms with Crippen LogP contribution in [-0.4, -0.2) is 56.4 Å². The minimum absolute atomic E-state index is 0.0740. The van der Waals surface area contributed by atoms with Crippen LogP contribution in [0.2, 0.25) is 0 Å². The molecule has 1 aliphatic heterocycles. The quantitative estimate of drug-likeness (QED) is 0.472. The van der Waals surface area contributed by atoms with Gasteiger partial charge in [-0.05, 0) is 49.2 Å². The second-order valence-electron chi connectivity index (χ2n) is 7.35. The van der Waals surface area contributed by atoms with Gasteiger partial charge < -0.3 is 10.1 Å². The van der Waals surface area contributed by atoms with Gasteiger partial charge in [-0.15, -0.1) is 0 Å². The Morgan fingerprint density at radius 1 is 1.03 bits per heavy atom. The van der Waals surface area contributed by atoms with E-state index in [4.69, 9.17) is 4.74 Å². The second-order valence-corrected chi connectivity index (χ2v) is 9.39. The predicted molar refractivity (Wildman–Crippen MR) is 115 cm³/mol. The largest absolute Gasteiger partial charge is 0.456 e. The van der Waals surface area contributed by atoms with E-state index in [0.29, 0.717) is 29.7 Å². The molecule has 0 bridgehead atoms. The van der Waals surface area contributed by atoms with Crippen LogP contribution in [0.4, 0.5) is 5.69 Å². The third-order valence-electron chi connectivity index (χ3n) is 5.01. The zero-order valence-electron chi connectivity index (χ0n) is 17.6. The molecule has 0 radical (unpaired) electrons. The summed E-state index contributed by atoms with van der Waals surface area (Å²) in [6.07, 6.45) is 0.843. The predicted octanol–water partition coefficient (Wildman–Crippen LogP) is 1.82. The standard InChI is InChI=1S/C22H22N2O7S/c1-14(25)15-3-7-18(8-4-15)32(29,30)24(2)12-22(28)31-13-20(26)17-5-9-19-16(11-17)6-10-21(27)23-19/h3-5,7-9,11H,6,10,12-13H2,1-2H3,(H,23,27). The van der Waals surface area contributed by atoms with Gasteiger partial charge in [0.25, 0.3) is 0 Å². The molecule has 0 aromatic heterocycles. The van der Waals surface area contributed by atoms with Gasteiger partial charge in [0.15, 0.2) is 18.2 Å². The number of carbonyl (C=O) groups is 4. The van der Waals surface area contributed by atoms with Crippen molar-refractivity contribution in [3.05, 3.63) is 59.2 Å². The molecule has 1 aliphatic rings. The summed E-state index contributed by atoms with van der Waals surface area (Å²) in [6.45, 7) is 0.250. The summed E-state index contributed by atoms with van der Waals surface area (Å²) in [5, 5.41) is 2.72. The summed E-state index contributed by atoms with van der Waals surface area (Å²) in [5.41, 5.74) is 2.18. The molecular formula is C22H22N2O7S. The maximum atomic E-state index is 12.6. The molecule has 168 valence electrons. The molecule has 3 rings (SSSR count). The van der Waals surface area contributed by atoms with Crippen molar-refractivity contribution in [2.75, 3.05) is 25.5 Å². The lowest BCUT2D eigenvalue weighted by Crippen LogP contribution is -2.33. The zero-order valence-corrected chi connectivity index (χ0v) is 18.4. The number of ether oxygens (including phenoxy) is 1. The highest BCUT2D eigenvalue weighted by Crippen LogP contribution is 2.23. The Hall–Kier alpha value is -3.37. The maximum Gasteiger partial charge on any atom is 0.321 e. The molecule has 0 unspecified atom stereocenters. The maximum absolute atomic E-state index is 12.6. The lowest BCUT2D eigenvalue weighted by molar-refractivity contribution is -0.142. The van der Waals surface area contributed by atoms with Crippen molar-refractivity contribution in [2.24, 2.45) is 0 Å². The molecule has 2 aromatic rings. The zero-order chi connectivity index (χ0) is 23.5. The van der Waals surface area contributed by atoms with E-state index in [9.17, 15) is 27.6 Å². The number of esters is 1. The SMILES string of the molecule is CC(=O)c1ccc(S(=O)(=O)N(C)CC(=O)OCC(=O)c2ccc3c(c2)CCC(=O)N3)cc1. The molecule has 1 N–H and O–H groups in total. The summed E-state index contributed by atoms with van der Waals surface area (Å²) >= 11 is 0. The second kappa shape index (κ2) is 9.41. The van der Waals surface area contributed by atoms with Gasteiger partial charge in [0, 0.05) is 30.3 Å². The monoisotopic (exact) mass is 458 g/mol. The smallest absolute Gasteiger partial charge is 0.321 e. The number of amides is 1. The molecule has 2 aromatic carbocycles. The van der Waals surface area contributed by atoms with Crippen molar-refractivity contribution >= 4 is 39.2 Å². The molecule has 0 spiro atoms. The van der Waals surface area contributed by atoms with Crippen LogP contribution in [0.1, 0.15) is 39.6 Å². The van der Waals surface area contributed by atoms with Crippen LogP contribution in [0, 0.1) is 0 Å². The summed E-state index contributed by atoms with van der Waals surface area (Å²) in [5.74, 6) is -1.60. The highest BCUT2D eigenvalue weighted by molar-refractivity contribution is 7.89. The Balaban J connectivity index is 1.57. The molecule has 1 heterocycles. The van der Waals surface area contributed by atoms with Crippen LogP contribution in [0.3, 0.4) is 0 Å². The molecule has 32 heavy (non-hydrogen) atoms. The van der Waals surface area contributed by atoms with Crippen molar-refractivity contribution in [3.63, 3.8) is 0 Å². The summed E-state index contributed by atoms with van der Waals surface area (Å²) in [7, 11) is -2.76. The number of Topliss-reactive ketones (excluding diaryl/α,β-unsaturated/α-hetero) is 2. The Labute approximate surface area is 185 Å². The summed E-state index contributed by atoms with van der Waals surface area (Å²) in [4.78, 5) is 47.1. The number of aryl methyl sites for hydroxylation is 1. The number of sulfonamides is 1. The van der Waals surface area contributed by atoms with Crippen LogP contribution in [-0.2, 0) is 30.8 Å². The van der Waals surface area contributed by atoms with Gasteiger partial charge in [-0.3, -0.25) is 19.2 Å². The molecule has 0 fully saturated rings. The van der Waals surface area contributed by atoms with Crippen molar-refractivity contribution in [1.82, 2.24) is 4.31 Å². The minimum Gasteiger partial charge on any atom is -0.456 e. The van der Waals surface area contributed by atoms with E-state index in [1.807, 2.05) is 0 Å². The number of hydrogen-bond acceptors (Lipinski definition) is 7. The van der Waals surface area contributed by atoms with Crippen molar-refractivity contribution in [2.45, 2.75) is 24.7 Å². The first kappa shape index (κ1) is 23.3. The number of likely N-dealkylation sites (N-methyl/N-ethyl adjacent to an activating group) is 1. The Kier molecular flexibility index (Phi) is 6.85. The van der Waals surface area contributed by atoms with E-state index in [-0.39, 0.29) is 16.6 Å². The van der Waals surface area contributed by atoms with Gasteiger partial charge in [0.05, 0.1) is 4.90 Å². The molecular weight excluding hydrogens is 436 g/mol. The molecule has 0 aliphatic carbocycles. The number of anilines is 1. The van der Waals surface area contributed by atoms with Crippen molar-refractivity contribution < 1.29 is 32.3 Å². The van der Waals surface area contributed by atoms with Crippen LogP contribution in [0.5, 0.6) is 0 Å². The molecule has 0 saturated carbocycles. The number of carbonyl (C=O) groups excluding carboxylic acids is 4. The van der Waals surface area contributed by atoms with E-state index >= 15 is 0 Å². The summed E-state index contributed by atoms with van der Waals surface area (Å²) in [6, 6.07) is 10.2. The fourth-order valence-electron chi connectivity index (χ4n) is 3.14. The molecule has 9 nitrogen and oxygen atoms in total. The van der Waals surface area contributed by atoms with Gasteiger partial charge in [-0.2, -0.15) is 4.31 Å². The fourth-order valence-corrected chi connectivity index (χ4v) is 4.26. The van der Waals surface area contributed by atoms with E-state index in [1.54, 1.807) is 12.1 Å². The van der Waals surface area contributed by atoms with Gasteiger partial charge in [0.2, 0.25) is 15.9 Å². The Morgan fingerprint density at radius 3 is 2.34 bits per heavy atom. The van der Waals surface area contributed by atoms with Crippen molar-refractivity contribution in [1.29, 1.82) is 0 Å². The van der Waals surface area contributed by atoms with Crippen LogP contribution in [0.25, 0.3) is 0 Å². The number of rotatable bonds is 8. The Bertz CT molecular complexity index is 1190. The lowest BCUT2D eigenvalue weighted by atomic mass is 9.99. The highest BCUT2D eigenvalue weighted by Gasteiger charge is 2.24. The van der Waals surface area contributed by atoms with E-state index in [2.05, 4.69) is 5.32 Å². The van der Waals surface area contributed by atoms with Crippen LogP contribution < -0.4 is 5.32 Å². The number of nitrogens with one attached hydrogen (secondary N) is 1.